The van der Waals surface area contributed by atoms with Gasteiger partial charge in [-0.25, -0.2) is 9.97 Å². The molecule has 0 atom stereocenters. The number of fused-ring (bicyclic) bond motifs is 1. The number of nitrogens with zero attached hydrogens (tertiary/aromatic N) is 2. The van der Waals surface area contributed by atoms with Gasteiger partial charge < -0.3 is 5.32 Å². The largest absolute Gasteiger partial charge is 0.310 e. The number of carbonyl (C=O) groups excluding carboxylic acids is 1. The van der Waals surface area contributed by atoms with Crippen LogP contribution in [0.3, 0.4) is 0 Å². The van der Waals surface area contributed by atoms with Gasteiger partial charge in [-0.15, -0.1) is 11.3 Å². The third kappa shape index (κ3) is 3.89. The molecule has 0 aliphatic heterocycles. The summed E-state index contributed by atoms with van der Waals surface area (Å²) in [6, 6.07) is 8.90. The van der Waals surface area contributed by atoms with Crippen LogP contribution >= 0.6 is 46.3 Å². The zero-order chi connectivity index (χ0) is 15.5. The van der Waals surface area contributed by atoms with Gasteiger partial charge in [0, 0.05) is 11.2 Å². The molecule has 0 bridgehead atoms. The number of aromatic nitrogens is 2. The molecule has 3 rings (SSSR count). The molecule has 0 aliphatic carbocycles. The van der Waals surface area contributed by atoms with Crippen LogP contribution in [0.4, 0.5) is 5.82 Å². The first-order chi connectivity index (χ1) is 10.6. The number of hydrogen-bond donors (Lipinski definition) is 1. The van der Waals surface area contributed by atoms with Crippen LogP contribution in [-0.2, 0) is 4.79 Å². The SMILES string of the molecule is O=C(CSc1nc2cc(Cl)ccc2s1)Nc1ccc(Cl)cn1. The molecule has 0 spiro atoms. The fraction of sp³-hybridized carbons (Fsp3) is 0.0714. The van der Waals surface area contributed by atoms with E-state index in [0.717, 1.165) is 14.6 Å². The quantitative estimate of drug-likeness (QED) is 0.675. The molecule has 0 unspecified atom stereocenters. The van der Waals surface area contributed by atoms with E-state index in [2.05, 4.69) is 15.3 Å². The highest BCUT2D eigenvalue weighted by molar-refractivity contribution is 8.01. The van der Waals surface area contributed by atoms with Gasteiger partial charge in [0.15, 0.2) is 4.34 Å². The molecule has 0 aliphatic rings. The number of anilines is 1. The Labute approximate surface area is 144 Å². The van der Waals surface area contributed by atoms with Crippen LogP contribution in [-0.4, -0.2) is 21.6 Å². The Bertz CT molecular complexity index is 821. The molecule has 0 saturated carbocycles. The summed E-state index contributed by atoms with van der Waals surface area (Å²) in [5, 5.41) is 3.89. The lowest BCUT2D eigenvalue weighted by molar-refractivity contribution is -0.113. The smallest absolute Gasteiger partial charge is 0.235 e. The average Bonchev–Trinajstić information content (AvgIpc) is 2.89. The first-order valence-corrected chi connectivity index (χ1v) is 8.76. The predicted molar refractivity (Wildman–Crippen MR) is 93.2 cm³/mol. The fourth-order valence-electron chi connectivity index (χ4n) is 1.70. The van der Waals surface area contributed by atoms with Crippen LogP contribution < -0.4 is 5.32 Å². The van der Waals surface area contributed by atoms with Crippen molar-refractivity contribution in [2.75, 3.05) is 11.1 Å². The second-order valence-electron chi connectivity index (χ2n) is 4.29. The second kappa shape index (κ2) is 6.83. The van der Waals surface area contributed by atoms with Crippen LogP contribution in [0.5, 0.6) is 0 Å². The lowest BCUT2D eigenvalue weighted by Crippen LogP contribution is -2.14. The molecular formula is C14H9Cl2N3OS2. The molecule has 4 nitrogen and oxygen atoms in total. The molecule has 3 aromatic rings. The minimum atomic E-state index is -0.142. The van der Waals surface area contributed by atoms with Crippen molar-refractivity contribution in [1.29, 1.82) is 0 Å². The standard InChI is InChI=1S/C14H9Cl2N3OS2/c15-8-1-3-11-10(5-8)18-14(22-11)21-7-13(20)19-12-4-2-9(16)6-17-12/h1-6H,7H2,(H,17,19,20). The number of hydrogen-bond acceptors (Lipinski definition) is 5. The van der Waals surface area contributed by atoms with Gasteiger partial charge >= 0.3 is 0 Å². The van der Waals surface area contributed by atoms with E-state index in [1.807, 2.05) is 18.2 Å². The normalized spacial score (nSPS) is 10.8. The Morgan fingerprint density at radius 1 is 1.23 bits per heavy atom. The van der Waals surface area contributed by atoms with Crippen molar-refractivity contribution in [1.82, 2.24) is 9.97 Å². The average molecular weight is 370 g/mol. The molecule has 22 heavy (non-hydrogen) atoms. The van der Waals surface area contributed by atoms with Crippen molar-refractivity contribution in [3.63, 3.8) is 0 Å². The van der Waals surface area contributed by atoms with Crippen molar-refractivity contribution in [2.24, 2.45) is 0 Å². The van der Waals surface area contributed by atoms with Gasteiger partial charge in [-0.05, 0) is 30.3 Å². The molecule has 112 valence electrons. The predicted octanol–water partition coefficient (Wildman–Crippen LogP) is 4.73. The van der Waals surface area contributed by atoms with E-state index in [-0.39, 0.29) is 11.7 Å². The Hall–Kier alpha value is -1.34. The van der Waals surface area contributed by atoms with E-state index in [9.17, 15) is 4.79 Å². The van der Waals surface area contributed by atoms with Crippen molar-refractivity contribution >= 4 is 68.2 Å². The number of amides is 1. The number of rotatable bonds is 4. The summed E-state index contributed by atoms with van der Waals surface area (Å²) in [5.74, 6) is 0.598. The highest BCUT2D eigenvalue weighted by Crippen LogP contribution is 2.30. The molecule has 0 saturated heterocycles. The highest BCUT2D eigenvalue weighted by Gasteiger charge is 2.09. The van der Waals surface area contributed by atoms with E-state index in [1.54, 1.807) is 12.1 Å². The number of benzene rings is 1. The molecule has 0 radical (unpaired) electrons. The minimum Gasteiger partial charge on any atom is -0.310 e. The third-order valence-electron chi connectivity index (χ3n) is 2.65. The van der Waals surface area contributed by atoms with Gasteiger partial charge in [0.2, 0.25) is 5.91 Å². The van der Waals surface area contributed by atoms with Gasteiger partial charge in [0.1, 0.15) is 5.82 Å². The number of halogens is 2. The Balaban J connectivity index is 1.61. The van der Waals surface area contributed by atoms with E-state index < -0.39 is 0 Å². The van der Waals surface area contributed by atoms with Gasteiger partial charge in [-0.3, -0.25) is 4.79 Å². The summed E-state index contributed by atoms with van der Waals surface area (Å²) >= 11 is 14.6. The van der Waals surface area contributed by atoms with Crippen molar-refractivity contribution in [3.8, 4) is 0 Å². The summed E-state index contributed by atoms with van der Waals surface area (Å²) in [5.41, 5.74) is 0.847. The fourth-order valence-corrected chi connectivity index (χ4v) is 3.82. The lowest BCUT2D eigenvalue weighted by Gasteiger charge is -2.02. The van der Waals surface area contributed by atoms with Crippen LogP contribution in [0.1, 0.15) is 0 Å². The number of thiazole rings is 1. The Morgan fingerprint density at radius 3 is 2.82 bits per heavy atom. The minimum absolute atomic E-state index is 0.142. The molecule has 2 aromatic heterocycles. The van der Waals surface area contributed by atoms with Crippen LogP contribution in [0.2, 0.25) is 10.0 Å². The van der Waals surface area contributed by atoms with Gasteiger partial charge in [-0.2, -0.15) is 0 Å². The maximum Gasteiger partial charge on any atom is 0.235 e. The van der Waals surface area contributed by atoms with Crippen LogP contribution in [0.15, 0.2) is 40.9 Å². The summed E-state index contributed by atoms with van der Waals surface area (Å²) in [6.45, 7) is 0. The molecule has 8 heteroatoms. The second-order valence-corrected chi connectivity index (χ2v) is 7.42. The Kier molecular flexibility index (Phi) is 4.83. The van der Waals surface area contributed by atoms with Gasteiger partial charge in [0.25, 0.3) is 0 Å². The summed E-state index contributed by atoms with van der Waals surface area (Å²) in [7, 11) is 0. The van der Waals surface area contributed by atoms with E-state index in [0.29, 0.717) is 15.9 Å². The molecule has 2 heterocycles. The molecular weight excluding hydrogens is 361 g/mol. The lowest BCUT2D eigenvalue weighted by atomic mass is 10.3. The van der Waals surface area contributed by atoms with Gasteiger partial charge in [0.05, 0.1) is 21.0 Å². The summed E-state index contributed by atoms with van der Waals surface area (Å²) < 4.78 is 1.88. The molecule has 1 aromatic carbocycles. The van der Waals surface area contributed by atoms with E-state index in [1.165, 1.54) is 29.3 Å². The van der Waals surface area contributed by atoms with E-state index in [4.69, 9.17) is 23.2 Å². The zero-order valence-corrected chi connectivity index (χ0v) is 14.2. The number of thioether (sulfide) groups is 1. The van der Waals surface area contributed by atoms with E-state index >= 15 is 0 Å². The molecule has 1 amide bonds. The summed E-state index contributed by atoms with van der Waals surface area (Å²) in [4.78, 5) is 20.4. The van der Waals surface area contributed by atoms with Crippen molar-refractivity contribution in [3.05, 3.63) is 46.6 Å². The summed E-state index contributed by atoms with van der Waals surface area (Å²) in [6.07, 6.45) is 1.49. The third-order valence-corrected chi connectivity index (χ3v) is 5.29. The first-order valence-electron chi connectivity index (χ1n) is 6.20. The topological polar surface area (TPSA) is 54.9 Å². The van der Waals surface area contributed by atoms with Gasteiger partial charge in [-0.1, -0.05) is 35.0 Å². The maximum atomic E-state index is 11.9. The molecule has 1 N–H and O–H groups in total. The van der Waals surface area contributed by atoms with Crippen molar-refractivity contribution < 1.29 is 4.79 Å². The van der Waals surface area contributed by atoms with Crippen LogP contribution in [0, 0.1) is 0 Å². The number of nitrogens with one attached hydrogen (secondary N) is 1. The molecule has 0 fully saturated rings. The first kappa shape index (κ1) is 15.6. The number of carbonyl (C=O) groups is 1. The number of pyridine rings is 1. The highest BCUT2D eigenvalue weighted by atomic mass is 35.5. The maximum absolute atomic E-state index is 11.9. The Morgan fingerprint density at radius 2 is 2.05 bits per heavy atom. The van der Waals surface area contributed by atoms with Crippen LogP contribution in [0.25, 0.3) is 10.2 Å². The zero-order valence-electron chi connectivity index (χ0n) is 11.0. The van der Waals surface area contributed by atoms with Crippen molar-refractivity contribution in [2.45, 2.75) is 4.34 Å². The monoisotopic (exact) mass is 369 g/mol.